The summed E-state index contributed by atoms with van der Waals surface area (Å²) in [6, 6.07) is 14.8. The number of allylic oxidation sites excluding steroid dienone is 1. The Morgan fingerprint density at radius 1 is 1.22 bits per heavy atom. The molecule has 0 saturated carbocycles. The summed E-state index contributed by atoms with van der Waals surface area (Å²) in [4.78, 5) is 38.8. The first kappa shape index (κ1) is 30.0. The van der Waals surface area contributed by atoms with Crippen LogP contribution in [0, 0.1) is 5.92 Å². The summed E-state index contributed by atoms with van der Waals surface area (Å²) >= 11 is 0. The van der Waals surface area contributed by atoms with Crippen LogP contribution in [0.3, 0.4) is 0 Å². The number of carbonyl (C=O) groups excluding carboxylic acids is 3. The van der Waals surface area contributed by atoms with Gasteiger partial charge < -0.3 is 19.9 Å². The monoisotopic (exact) mass is 562 g/mol. The molecule has 41 heavy (non-hydrogen) atoms. The second-order valence-electron chi connectivity index (χ2n) is 11.4. The van der Waals surface area contributed by atoms with E-state index in [1.54, 1.807) is 39.0 Å². The molecule has 0 radical (unpaired) electrons. The van der Waals surface area contributed by atoms with Crippen LogP contribution in [0.25, 0.3) is 6.08 Å². The minimum absolute atomic E-state index is 0.00730. The highest BCUT2D eigenvalue weighted by Gasteiger charge is 2.38. The van der Waals surface area contributed by atoms with Crippen molar-refractivity contribution in [1.82, 2.24) is 10.6 Å². The van der Waals surface area contributed by atoms with Gasteiger partial charge in [-0.3, -0.25) is 19.7 Å². The number of esters is 1. The summed E-state index contributed by atoms with van der Waals surface area (Å²) in [5.74, 6) is -1.26. The number of rotatable bonds is 7. The van der Waals surface area contributed by atoms with Gasteiger partial charge in [0, 0.05) is 24.6 Å². The predicted molar refractivity (Wildman–Crippen MR) is 156 cm³/mol. The molecule has 0 spiro atoms. The summed E-state index contributed by atoms with van der Waals surface area (Å²) in [5, 5.41) is 15.8. The van der Waals surface area contributed by atoms with Crippen molar-refractivity contribution in [1.29, 1.82) is 0 Å². The van der Waals surface area contributed by atoms with Crippen LogP contribution in [0.2, 0.25) is 0 Å². The molecule has 9 nitrogen and oxygen atoms in total. The molecular formula is C32H40N3O6+. The molecule has 2 amide bonds. The molecule has 0 aromatic heterocycles. The lowest BCUT2D eigenvalue weighted by atomic mass is 9.96. The highest BCUT2D eigenvalue weighted by molar-refractivity contribution is 5.84. The van der Waals surface area contributed by atoms with E-state index in [1.807, 2.05) is 47.1 Å². The number of benzene rings is 2. The van der Waals surface area contributed by atoms with E-state index in [1.165, 1.54) is 0 Å². The number of hydrogen-bond donors (Lipinski definition) is 3. The Labute approximate surface area is 241 Å². The molecule has 0 saturated heterocycles. The van der Waals surface area contributed by atoms with E-state index < -0.39 is 23.7 Å². The molecule has 2 aromatic rings. The molecule has 3 atom stereocenters. The van der Waals surface area contributed by atoms with E-state index in [2.05, 4.69) is 16.8 Å². The number of phenolic OH excluding ortho intramolecular Hbond substituents is 1. The van der Waals surface area contributed by atoms with E-state index in [0.717, 1.165) is 16.8 Å². The van der Waals surface area contributed by atoms with Crippen molar-refractivity contribution < 1.29 is 33.5 Å². The standard InChI is InChI=1S/C32H39N3O6/c1-32(2,3)41-30(38)19-23(10-6-8-22-9-7-11-25(36)18-22)31(39)34-28-21-40-17-16-33-29(37)15-14-24-20-35(28)27-13-5-4-12-26(24)27/h4-9,11-13,18,20,23-24,28H,10,14-17,19,21H2,1-3H3,(H2-,33,34,36,37,39)/p+1/t23-,24?,28?/m1/s1. The molecule has 2 unspecified atom stereocenters. The van der Waals surface area contributed by atoms with Crippen LogP contribution in [-0.2, 0) is 23.9 Å². The molecule has 3 N–H and O–H groups in total. The molecule has 4 rings (SSSR count). The number of hydrogen-bond acceptors (Lipinski definition) is 6. The SMILES string of the molecule is CC(C)(C)OC(=O)C[C@@H](CC=Cc1cccc(O)c1)C(=O)NC1COCCNC(=O)CCC2C=[N+]1c1ccccc12. The van der Waals surface area contributed by atoms with Gasteiger partial charge in [0.1, 0.15) is 18.0 Å². The zero-order valence-corrected chi connectivity index (χ0v) is 24.0. The Kier molecular flexibility index (Phi) is 9.94. The van der Waals surface area contributed by atoms with Gasteiger partial charge in [0.2, 0.25) is 17.5 Å². The highest BCUT2D eigenvalue weighted by Crippen LogP contribution is 2.35. The first-order valence-corrected chi connectivity index (χ1v) is 14.1. The Bertz CT molecular complexity index is 1310. The van der Waals surface area contributed by atoms with Crippen molar-refractivity contribution >= 4 is 35.8 Å². The smallest absolute Gasteiger partial charge is 0.307 e. The maximum atomic E-state index is 13.8. The van der Waals surface area contributed by atoms with Crippen LogP contribution >= 0.6 is 0 Å². The summed E-state index contributed by atoms with van der Waals surface area (Å²) in [5.41, 5.74) is 2.17. The summed E-state index contributed by atoms with van der Waals surface area (Å²) < 4.78 is 13.4. The van der Waals surface area contributed by atoms with Gasteiger partial charge in [-0.25, -0.2) is 0 Å². The number of phenols is 1. The normalized spacial score (nSPS) is 20.2. The number of nitrogens with zero attached hydrogens (tertiary/aromatic N) is 1. The number of fused-ring (bicyclic) bond motifs is 4. The third-order valence-electron chi connectivity index (χ3n) is 6.93. The second-order valence-corrected chi connectivity index (χ2v) is 11.4. The number of aromatic hydroxyl groups is 1. The molecule has 218 valence electrons. The van der Waals surface area contributed by atoms with Gasteiger partial charge >= 0.3 is 5.97 Å². The Morgan fingerprint density at radius 3 is 2.80 bits per heavy atom. The van der Waals surface area contributed by atoms with Crippen LogP contribution in [0.15, 0.2) is 54.6 Å². The molecular weight excluding hydrogens is 522 g/mol. The maximum Gasteiger partial charge on any atom is 0.307 e. The van der Waals surface area contributed by atoms with Crippen LogP contribution in [0.1, 0.15) is 63.5 Å². The van der Waals surface area contributed by atoms with Crippen molar-refractivity contribution in [2.24, 2.45) is 5.92 Å². The lowest BCUT2D eigenvalue weighted by molar-refractivity contribution is -0.488. The Morgan fingerprint density at radius 2 is 2.02 bits per heavy atom. The van der Waals surface area contributed by atoms with E-state index in [-0.39, 0.29) is 36.5 Å². The maximum absolute atomic E-state index is 13.8. The van der Waals surface area contributed by atoms with Gasteiger partial charge in [0.05, 0.1) is 24.9 Å². The first-order chi connectivity index (χ1) is 19.6. The molecule has 2 aromatic carbocycles. The third-order valence-corrected chi connectivity index (χ3v) is 6.93. The fraction of sp³-hybridized carbons (Fsp3) is 0.438. The van der Waals surface area contributed by atoms with Gasteiger partial charge in [-0.15, -0.1) is 0 Å². The minimum atomic E-state index is -0.687. The molecule has 0 fully saturated rings. The topological polar surface area (TPSA) is 117 Å². The zero-order chi connectivity index (χ0) is 29.4. The largest absolute Gasteiger partial charge is 0.508 e. The quantitative estimate of drug-likeness (QED) is 0.347. The second kappa shape index (κ2) is 13.6. The number of ether oxygens (including phenoxy) is 2. The minimum Gasteiger partial charge on any atom is -0.508 e. The predicted octanol–water partition coefficient (Wildman–Crippen LogP) is 4.02. The van der Waals surface area contributed by atoms with Gasteiger partial charge in [0.25, 0.3) is 6.17 Å². The summed E-state index contributed by atoms with van der Waals surface area (Å²) in [6.45, 7) is 6.28. The molecule has 9 heteroatoms. The van der Waals surface area contributed by atoms with Gasteiger partial charge in [-0.2, -0.15) is 4.58 Å². The van der Waals surface area contributed by atoms with E-state index in [4.69, 9.17) is 9.47 Å². The number of para-hydroxylation sites is 1. The van der Waals surface area contributed by atoms with Crippen LogP contribution in [0.5, 0.6) is 5.75 Å². The molecule has 2 aliphatic rings. The lowest BCUT2D eigenvalue weighted by Crippen LogP contribution is -2.48. The fourth-order valence-corrected chi connectivity index (χ4v) is 5.06. The van der Waals surface area contributed by atoms with E-state index in [9.17, 15) is 19.5 Å². The van der Waals surface area contributed by atoms with Gasteiger partial charge in [-0.05, 0) is 51.3 Å². The number of amides is 2. The Hall–Kier alpha value is -3.98. The van der Waals surface area contributed by atoms with E-state index >= 15 is 0 Å². The molecule has 2 heterocycles. The van der Waals surface area contributed by atoms with E-state index in [0.29, 0.717) is 32.4 Å². The average Bonchev–Trinajstić information content (AvgIpc) is 3.27. The van der Waals surface area contributed by atoms with Crippen LogP contribution in [-0.4, -0.2) is 65.2 Å². The lowest BCUT2D eigenvalue weighted by Gasteiger charge is -2.23. The first-order valence-electron chi connectivity index (χ1n) is 14.1. The van der Waals surface area contributed by atoms with Gasteiger partial charge in [0.15, 0.2) is 6.21 Å². The highest BCUT2D eigenvalue weighted by atomic mass is 16.6. The van der Waals surface area contributed by atoms with Crippen molar-refractivity contribution in [2.45, 2.75) is 64.1 Å². The average molecular weight is 563 g/mol. The van der Waals surface area contributed by atoms with Crippen molar-refractivity contribution in [3.63, 3.8) is 0 Å². The number of nitrogens with one attached hydrogen (secondary N) is 2. The van der Waals surface area contributed by atoms with Crippen molar-refractivity contribution in [3.05, 3.63) is 65.7 Å². The molecule has 0 aliphatic carbocycles. The van der Waals surface area contributed by atoms with Crippen LogP contribution < -0.4 is 10.6 Å². The third kappa shape index (κ3) is 8.75. The fourth-order valence-electron chi connectivity index (χ4n) is 5.06. The Balaban J connectivity index is 1.56. The summed E-state index contributed by atoms with van der Waals surface area (Å²) in [7, 11) is 0. The molecule has 2 bridgehead atoms. The van der Waals surface area contributed by atoms with Crippen molar-refractivity contribution in [2.75, 3.05) is 19.8 Å². The summed E-state index contributed by atoms with van der Waals surface area (Å²) in [6.07, 6.45) is 6.44. The van der Waals surface area contributed by atoms with Crippen molar-refractivity contribution in [3.8, 4) is 5.75 Å². The zero-order valence-electron chi connectivity index (χ0n) is 24.0. The van der Waals surface area contributed by atoms with Gasteiger partial charge in [-0.1, -0.05) is 42.5 Å². The van der Waals surface area contributed by atoms with Crippen LogP contribution in [0.4, 0.5) is 5.69 Å². The number of carbonyl (C=O) groups is 3. The molecule has 2 aliphatic heterocycles.